The molecule has 0 amide bonds. The molecule has 32 heavy (non-hydrogen) atoms. The van der Waals surface area contributed by atoms with E-state index in [1.807, 2.05) is 22.8 Å². The average molecular weight is 521 g/mol. The summed E-state index contributed by atoms with van der Waals surface area (Å²) in [4.78, 5) is 20.5. The first-order valence-corrected chi connectivity index (χ1v) is 12.7. The highest BCUT2D eigenvalue weighted by Gasteiger charge is 2.32. The number of hydrogen-bond donors (Lipinski definition) is 1. The molecule has 4 nitrogen and oxygen atoms in total. The molecule has 6 rings (SSSR count). The van der Waals surface area contributed by atoms with Gasteiger partial charge in [-0.2, -0.15) is 0 Å². The predicted molar refractivity (Wildman–Crippen MR) is 133 cm³/mol. The number of benzene rings is 2. The molecule has 1 atom stereocenters. The van der Waals surface area contributed by atoms with E-state index in [-0.39, 0.29) is 17.4 Å². The maximum absolute atomic E-state index is 13.6. The summed E-state index contributed by atoms with van der Waals surface area (Å²) in [5.74, 6) is 0.174. The molecule has 0 bridgehead atoms. The lowest BCUT2D eigenvalue weighted by molar-refractivity contribution is 0.472. The number of aromatic nitrogens is 1. The number of phenols is 1. The molecule has 0 radical (unpaired) electrons. The van der Waals surface area contributed by atoms with Crippen LogP contribution in [0, 0.1) is 0 Å². The lowest BCUT2D eigenvalue weighted by Gasteiger charge is -2.30. The average Bonchev–Trinajstić information content (AvgIpc) is 3.44. The molecule has 4 aromatic rings. The Morgan fingerprint density at radius 3 is 2.81 bits per heavy atom. The van der Waals surface area contributed by atoms with Crippen LogP contribution in [-0.2, 0) is 6.42 Å². The van der Waals surface area contributed by atoms with Gasteiger partial charge in [0, 0.05) is 10.4 Å². The van der Waals surface area contributed by atoms with Crippen LogP contribution in [0.1, 0.15) is 34.0 Å². The molecular weight excluding hydrogens is 504 g/mol. The van der Waals surface area contributed by atoms with Crippen LogP contribution < -0.4 is 14.9 Å². The van der Waals surface area contributed by atoms with E-state index in [1.165, 1.54) is 28.0 Å². The van der Waals surface area contributed by atoms with Crippen LogP contribution >= 0.6 is 38.6 Å². The summed E-state index contributed by atoms with van der Waals surface area (Å²) in [7, 11) is 0. The molecular formula is C25H17BrN2O2S2. The molecule has 0 saturated heterocycles. The Labute approximate surface area is 200 Å². The summed E-state index contributed by atoms with van der Waals surface area (Å²) >= 11 is 6.45. The van der Waals surface area contributed by atoms with Gasteiger partial charge in [0.2, 0.25) is 0 Å². The normalized spacial score (nSPS) is 17.5. The zero-order chi connectivity index (χ0) is 21.8. The minimum absolute atomic E-state index is 0.0262. The van der Waals surface area contributed by atoms with Crippen molar-refractivity contribution in [3.63, 3.8) is 0 Å². The molecule has 1 N–H and O–H groups in total. The highest BCUT2D eigenvalue weighted by atomic mass is 79.9. The second-order valence-corrected chi connectivity index (χ2v) is 10.7. The van der Waals surface area contributed by atoms with E-state index in [9.17, 15) is 9.90 Å². The van der Waals surface area contributed by atoms with Crippen LogP contribution in [-0.4, -0.2) is 9.67 Å². The van der Waals surface area contributed by atoms with Gasteiger partial charge in [-0.15, -0.1) is 11.3 Å². The third-order valence-electron chi connectivity index (χ3n) is 5.96. The van der Waals surface area contributed by atoms with Gasteiger partial charge >= 0.3 is 0 Å². The van der Waals surface area contributed by atoms with E-state index in [0.29, 0.717) is 9.01 Å². The first kappa shape index (κ1) is 19.9. The van der Waals surface area contributed by atoms with Crippen LogP contribution in [0.4, 0.5) is 0 Å². The monoisotopic (exact) mass is 520 g/mol. The Balaban J connectivity index is 1.61. The highest BCUT2D eigenvalue weighted by Crippen LogP contribution is 2.42. The first-order chi connectivity index (χ1) is 15.6. The number of allylic oxidation sites excluding steroid dienone is 1. The zero-order valence-corrected chi connectivity index (χ0v) is 20.0. The number of hydrogen-bond acceptors (Lipinski definition) is 5. The van der Waals surface area contributed by atoms with Crippen LogP contribution in [0.2, 0.25) is 0 Å². The van der Waals surface area contributed by atoms with Crippen molar-refractivity contribution < 1.29 is 5.11 Å². The Morgan fingerprint density at radius 1 is 1.12 bits per heavy atom. The molecule has 0 fully saturated rings. The Morgan fingerprint density at radius 2 is 2.00 bits per heavy atom. The number of rotatable bonds is 2. The number of thiazole rings is 1. The van der Waals surface area contributed by atoms with E-state index in [2.05, 4.69) is 51.6 Å². The van der Waals surface area contributed by atoms with E-state index < -0.39 is 0 Å². The number of fused-ring (bicyclic) bond motifs is 3. The molecule has 0 saturated carbocycles. The van der Waals surface area contributed by atoms with Crippen molar-refractivity contribution in [3.8, 4) is 5.75 Å². The molecule has 7 heteroatoms. The van der Waals surface area contributed by atoms with Gasteiger partial charge in [-0.25, -0.2) is 4.99 Å². The maximum atomic E-state index is 13.6. The van der Waals surface area contributed by atoms with Gasteiger partial charge in [0.15, 0.2) is 4.80 Å². The number of aryl methyl sites for hydroxylation is 1. The predicted octanol–water partition coefficient (Wildman–Crippen LogP) is 4.85. The molecule has 2 aromatic carbocycles. The van der Waals surface area contributed by atoms with Crippen LogP contribution in [0.3, 0.4) is 0 Å². The minimum atomic E-state index is -0.122. The Hall–Kier alpha value is -2.74. The molecule has 0 spiro atoms. The first-order valence-electron chi connectivity index (χ1n) is 10.2. The fourth-order valence-corrected chi connectivity index (χ4v) is 6.73. The van der Waals surface area contributed by atoms with E-state index >= 15 is 0 Å². The molecule has 2 aliphatic rings. The molecule has 2 aromatic heterocycles. The molecule has 0 unspecified atom stereocenters. The van der Waals surface area contributed by atoms with Crippen LogP contribution in [0.5, 0.6) is 5.75 Å². The van der Waals surface area contributed by atoms with Gasteiger partial charge in [0.25, 0.3) is 5.56 Å². The maximum Gasteiger partial charge on any atom is 0.271 e. The van der Waals surface area contributed by atoms with E-state index in [0.717, 1.165) is 33.8 Å². The fraction of sp³-hybridized carbons (Fsp3) is 0.120. The SMILES string of the molecule is O=c1/c(=C/c2ccc(O)c(Br)c2)sc2n1[C@@H](c1cccs1)C1=C(N=2)c2ccccc2CC1. The van der Waals surface area contributed by atoms with Crippen molar-refractivity contribution >= 4 is 50.4 Å². The summed E-state index contributed by atoms with van der Waals surface area (Å²) in [5, 5.41) is 11.9. The lowest BCUT2D eigenvalue weighted by Crippen LogP contribution is -2.38. The smallest absolute Gasteiger partial charge is 0.271 e. The van der Waals surface area contributed by atoms with Crippen LogP contribution in [0.15, 0.2) is 79.8 Å². The molecule has 1 aliphatic heterocycles. The van der Waals surface area contributed by atoms with E-state index in [4.69, 9.17) is 4.99 Å². The number of aromatic hydroxyl groups is 1. The number of thiophene rings is 1. The summed E-state index contributed by atoms with van der Waals surface area (Å²) in [6.45, 7) is 0. The quantitative estimate of drug-likeness (QED) is 0.410. The second kappa shape index (κ2) is 7.69. The highest BCUT2D eigenvalue weighted by molar-refractivity contribution is 9.10. The second-order valence-electron chi connectivity index (χ2n) is 7.84. The van der Waals surface area contributed by atoms with E-state index in [1.54, 1.807) is 23.5 Å². The third kappa shape index (κ3) is 3.15. The van der Waals surface area contributed by atoms with Gasteiger partial charge in [-0.05, 0) is 75.1 Å². The Kier molecular flexibility index (Phi) is 4.78. The molecule has 3 heterocycles. The van der Waals surface area contributed by atoms with Gasteiger partial charge in [-0.3, -0.25) is 9.36 Å². The third-order valence-corrected chi connectivity index (χ3v) is 8.50. The number of phenolic OH excluding ortho intramolecular Hbond substituents is 1. The van der Waals surface area contributed by atoms with Crippen molar-refractivity contribution in [1.29, 1.82) is 0 Å². The van der Waals surface area contributed by atoms with Gasteiger partial charge < -0.3 is 5.11 Å². The van der Waals surface area contributed by atoms with Crippen LogP contribution in [0.25, 0.3) is 11.8 Å². The van der Waals surface area contributed by atoms with Crippen molar-refractivity contribution in [2.75, 3.05) is 0 Å². The number of halogens is 1. The summed E-state index contributed by atoms with van der Waals surface area (Å²) in [6.07, 6.45) is 3.72. The summed E-state index contributed by atoms with van der Waals surface area (Å²) in [5.41, 5.74) is 5.55. The topological polar surface area (TPSA) is 54.6 Å². The fourth-order valence-electron chi connectivity index (χ4n) is 4.48. The lowest BCUT2D eigenvalue weighted by atomic mass is 9.85. The summed E-state index contributed by atoms with van der Waals surface area (Å²) in [6, 6.07) is 17.7. The molecule has 1 aliphatic carbocycles. The van der Waals surface area contributed by atoms with Gasteiger partial charge in [-0.1, -0.05) is 47.7 Å². The van der Waals surface area contributed by atoms with Crippen molar-refractivity contribution in [2.45, 2.75) is 18.9 Å². The minimum Gasteiger partial charge on any atom is -0.507 e. The van der Waals surface area contributed by atoms with Gasteiger partial charge in [0.1, 0.15) is 5.75 Å². The van der Waals surface area contributed by atoms with Crippen molar-refractivity contribution in [3.05, 3.63) is 111 Å². The van der Waals surface area contributed by atoms with Crippen molar-refractivity contribution in [2.24, 2.45) is 4.99 Å². The Bertz CT molecular complexity index is 1580. The van der Waals surface area contributed by atoms with Gasteiger partial charge in [0.05, 0.1) is 20.7 Å². The molecule has 158 valence electrons. The largest absolute Gasteiger partial charge is 0.507 e. The standard InChI is InChI=1S/C25H17BrN2O2S2/c26-18-12-14(7-10-19(18)29)13-21-24(30)28-23(20-6-3-11-31-20)17-9-8-15-4-1-2-5-16(15)22(17)27-25(28)32-21/h1-7,10-13,23,29H,8-9H2/b21-13-/t23-/m1/s1. The number of nitrogens with zero attached hydrogens (tertiary/aromatic N) is 2. The zero-order valence-electron chi connectivity index (χ0n) is 16.8. The van der Waals surface area contributed by atoms with Crippen molar-refractivity contribution in [1.82, 2.24) is 4.57 Å². The summed E-state index contributed by atoms with van der Waals surface area (Å²) < 4.78 is 3.10.